The lowest BCUT2D eigenvalue weighted by atomic mass is 9.89. The molecule has 4 heteroatoms. The van der Waals surface area contributed by atoms with E-state index in [0.717, 1.165) is 0 Å². The highest BCUT2D eigenvalue weighted by Crippen LogP contribution is 2.36. The summed E-state index contributed by atoms with van der Waals surface area (Å²) in [6, 6.07) is 0. The molecule has 0 aromatic carbocycles. The lowest BCUT2D eigenvalue weighted by molar-refractivity contribution is -0.171. The average Bonchev–Trinajstić information content (AvgIpc) is 2.59. The molecule has 1 saturated carbocycles. The molecule has 1 aliphatic heterocycles. The summed E-state index contributed by atoms with van der Waals surface area (Å²) < 4.78 is 11.0. The number of carbonyl (C=O) groups excluding carboxylic acids is 1. The van der Waals surface area contributed by atoms with Crippen LogP contribution in [0.15, 0.2) is 11.8 Å². The van der Waals surface area contributed by atoms with Gasteiger partial charge in [0.25, 0.3) is 0 Å². The van der Waals surface area contributed by atoms with Gasteiger partial charge in [0.15, 0.2) is 11.6 Å². The van der Waals surface area contributed by atoms with Crippen LogP contribution < -0.4 is 5.73 Å². The van der Waals surface area contributed by atoms with Gasteiger partial charge in [-0.05, 0) is 0 Å². The average molecular weight is 183 g/mol. The fourth-order valence-electron chi connectivity index (χ4n) is 1.84. The Kier molecular flexibility index (Phi) is 2.09. The van der Waals surface area contributed by atoms with Crippen LogP contribution in [0.4, 0.5) is 0 Å². The molecule has 13 heavy (non-hydrogen) atoms. The zero-order valence-electron chi connectivity index (χ0n) is 7.41. The van der Waals surface area contributed by atoms with Gasteiger partial charge in [0.2, 0.25) is 0 Å². The molecule has 0 radical (unpaired) electrons. The molecule has 1 spiro atoms. The van der Waals surface area contributed by atoms with Crippen LogP contribution in [0.5, 0.6) is 0 Å². The van der Waals surface area contributed by atoms with E-state index in [1.54, 1.807) is 0 Å². The molecule has 4 nitrogen and oxygen atoms in total. The molecule has 2 N–H and O–H groups in total. The molecule has 0 aromatic rings. The summed E-state index contributed by atoms with van der Waals surface area (Å²) >= 11 is 0. The molecule has 1 aliphatic carbocycles. The molecule has 2 fully saturated rings. The maximum atomic E-state index is 11.3. The zero-order chi connectivity index (χ0) is 9.31. The van der Waals surface area contributed by atoms with Crippen molar-refractivity contribution in [3.05, 3.63) is 11.8 Å². The van der Waals surface area contributed by atoms with E-state index in [4.69, 9.17) is 15.2 Å². The van der Waals surface area contributed by atoms with Crippen LogP contribution in [0, 0.1) is 0 Å². The van der Waals surface area contributed by atoms with Crippen LogP contribution in [-0.4, -0.2) is 24.8 Å². The third-order valence-electron chi connectivity index (χ3n) is 2.57. The summed E-state index contributed by atoms with van der Waals surface area (Å²) in [5.74, 6) is -0.425. The first kappa shape index (κ1) is 8.72. The van der Waals surface area contributed by atoms with Gasteiger partial charge in [-0.25, -0.2) is 0 Å². The van der Waals surface area contributed by atoms with Gasteiger partial charge in [-0.1, -0.05) is 0 Å². The lowest BCUT2D eigenvalue weighted by Crippen LogP contribution is -2.36. The molecule has 0 aromatic heterocycles. The third kappa shape index (κ3) is 1.47. The number of hydrogen-bond donors (Lipinski definition) is 1. The molecular formula is C9H13NO3. The molecule has 1 heterocycles. The molecule has 2 aliphatic rings. The SMILES string of the molecule is N/C=C1\CC2(CCC1=O)OCCO2. The number of rotatable bonds is 0. The number of carbonyl (C=O) groups is 1. The Morgan fingerprint density at radius 1 is 1.38 bits per heavy atom. The first-order valence-electron chi connectivity index (χ1n) is 4.48. The van der Waals surface area contributed by atoms with Crippen molar-refractivity contribution in [3.8, 4) is 0 Å². The molecule has 2 rings (SSSR count). The van der Waals surface area contributed by atoms with Gasteiger partial charge in [0, 0.05) is 31.0 Å². The van der Waals surface area contributed by atoms with Gasteiger partial charge in [0.05, 0.1) is 13.2 Å². The van der Waals surface area contributed by atoms with Crippen molar-refractivity contribution >= 4 is 5.78 Å². The molecule has 0 bridgehead atoms. The maximum absolute atomic E-state index is 11.3. The van der Waals surface area contributed by atoms with Crippen LogP contribution in [-0.2, 0) is 14.3 Å². The van der Waals surface area contributed by atoms with Crippen molar-refractivity contribution < 1.29 is 14.3 Å². The highest BCUT2D eigenvalue weighted by molar-refractivity contribution is 5.96. The van der Waals surface area contributed by atoms with Crippen molar-refractivity contribution in [3.63, 3.8) is 0 Å². The normalized spacial score (nSPS) is 30.2. The fourth-order valence-corrected chi connectivity index (χ4v) is 1.84. The topological polar surface area (TPSA) is 61.6 Å². The fraction of sp³-hybridized carbons (Fsp3) is 0.667. The lowest BCUT2D eigenvalue weighted by Gasteiger charge is -2.31. The Morgan fingerprint density at radius 2 is 2.08 bits per heavy atom. The van der Waals surface area contributed by atoms with E-state index in [-0.39, 0.29) is 5.78 Å². The molecular weight excluding hydrogens is 170 g/mol. The highest BCUT2D eigenvalue weighted by atomic mass is 16.7. The first-order valence-corrected chi connectivity index (χ1v) is 4.48. The van der Waals surface area contributed by atoms with Crippen LogP contribution >= 0.6 is 0 Å². The van der Waals surface area contributed by atoms with Crippen LogP contribution in [0.1, 0.15) is 19.3 Å². The Balaban J connectivity index is 2.14. The largest absolute Gasteiger partial charge is 0.404 e. The molecule has 1 saturated heterocycles. The summed E-state index contributed by atoms with van der Waals surface area (Å²) in [6.07, 6.45) is 3.00. The molecule has 0 atom stereocenters. The van der Waals surface area contributed by atoms with Gasteiger partial charge in [-0.3, -0.25) is 4.79 Å². The van der Waals surface area contributed by atoms with E-state index in [1.807, 2.05) is 0 Å². The Hall–Kier alpha value is -0.870. The zero-order valence-corrected chi connectivity index (χ0v) is 7.41. The van der Waals surface area contributed by atoms with E-state index >= 15 is 0 Å². The second kappa shape index (κ2) is 3.12. The smallest absolute Gasteiger partial charge is 0.173 e. The highest BCUT2D eigenvalue weighted by Gasteiger charge is 2.42. The van der Waals surface area contributed by atoms with E-state index in [2.05, 4.69) is 0 Å². The summed E-state index contributed by atoms with van der Waals surface area (Å²) in [5, 5.41) is 0. The monoisotopic (exact) mass is 183 g/mol. The van der Waals surface area contributed by atoms with Crippen LogP contribution in [0.25, 0.3) is 0 Å². The predicted molar refractivity (Wildman–Crippen MR) is 45.8 cm³/mol. The second-order valence-corrected chi connectivity index (χ2v) is 3.40. The second-order valence-electron chi connectivity index (χ2n) is 3.40. The number of ether oxygens (including phenoxy) is 2. The third-order valence-corrected chi connectivity index (χ3v) is 2.57. The number of ketones is 1. The maximum Gasteiger partial charge on any atom is 0.173 e. The quantitative estimate of drug-likeness (QED) is 0.549. The summed E-state index contributed by atoms with van der Waals surface area (Å²) in [5.41, 5.74) is 5.98. The number of nitrogens with two attached hydrogens (primary N) is 1. The van der Waals surface area contributed by atoms with Crippen LogP contribution in [0.2, 0.25) is 0 Å². The minimum absolute atomic E-state index is 0.118. The summed E-state index contributed by atoms with van der Waals surface area (Å²) in [6.45, 7) is 1.23. The standard InChI is InChI=1S/C9H13NO3/c10-6-7-5-9(2-1-8(7)11)12-3-4-13-9/h6H,1-5,10H2/b7-6+. The Labute approximate surface area is 76.7 Å². The van der Waals surface area contributed by atoms with Crippen molar-refractivity contribution in [2.24, 2.45) is 5.73 Å². The summed E-state index contributed by atoms with van der Waals surface area (Å²) in [7, 11) is 0. The number of hydrogen-bond acceptors (Lipinski definition) is 4. The van der Waals surface area contributed by atoms with E-state index < -0.39 is 5.79 Å². The van der Waals surface area contributed by atoms with Crippen molar-refractivity contribution in [1.82, 2.24) is 0 Å². The minimum Gasteiger partial charge on any atom is -0.404 e. The molecule has 0 amide bonds. The predicted octanol–water partition coefficient (Wildman–Crippen LogP) is 0.325. The van der Waals surface area contributed by atoms with Crippen molar-refractivity contribution in [2.75, 3.05) is 13.2 Å². The van der Waals surface area contributed by atoms with E-state index in [1.165, 1.54) is 6.20 Å². The first-order chi connectivity index (χ1) is 6.26. The van der Waals surface area contributed by atoms with Gasteiger partial charge in [-0.2, -0.15) is 0 Å². The van der Waals surface area contributed by atoms with Crippen molar-refractivity contribution in [2.45, 2.75) is 25.0 Å². The van der Waals surface area contributed by atoms with Gasteiger partial charge in [0.1, 0.15) is 0 Å². The number of Topliss-reactive ketones (excluding diaryl/α,β-unsaturated/α-hetero) is 1. The minimum atomic E-state index is -0.543. The van der Waals surface area contributed by atoms with Gasteiger partial charge in [-0.15, -0.1) is 0 Å². The van der Waals surface area contributed by atoms with Gasteiger partial charge >= 0.3 is 0 Å². The molecule has 0 unspecified atom stereocenters. The Morgan fingerprint density at radius 3 is 2.69 bits per heavy atom. The van der Waals surface area contributed by atoms with E-state index in [0.29, 0.717) is 38.0 Å². The Bertz CT molecular complexity index is 254. The van der Waals surface area contributed by atoms with Crippen LogP contribution in [0.3, 0.4) is 0 Å². The van der Waals surface area contributed by atoms with Gasteiger partial charge < -0.3 is 15.2 Å². The van der Waals surface area contributed by atoms with Crippen molar-refractivity contribution in [1.29, 1.82) is 0 Å². The van der Waals surface area contributed by atoms with E-state index in [9.17, 15) is 4.79 Å². The molecule has 72 valence electrons. The summed E-state index contributed by atoms with van der Waals surface area (Å²) in [4.78, 5) is 11.3.